The number of nitrogens with two attached hydrogens (primary N) is 1. The number of anilines is 1. The Morgan fingerprint density at radius 2 is 1.77 bits per heavy atom. The molecule has 5 heteroatoms. The Bertz CT molecular complexity index is 1030. The van der Waals surface area contributed by atoms with Crippen LogP contribution in [0.5, 0.6) is 0 Å². The molecular formula is C25H28FN3O. The van der Waals surface area contributed by atoms with Gasteiger partial charge < -0.3 is 11.1 Å². The Labute approximate surface area is 176 Å². The molecule has 4 rings (SSSR count). The van der Waals surface area contributed by atoms with Crippen molar-refractivity contribution in [2.75, 3.05) is 12.3 Å². The van der Waals surface area contributed by atoms with Gasteiger partial charge in [0.25, 0.3) is 0 Å². The maximum absolute atomic E-state index is 13.2. The summed E-state index contributed by atoms with van der Waals surface area (Å²) in [6.07, 6.45) is 7.28. The van der Waals surface area contributed by atoms with Gasteiger partial charge in [-0.25, -0.2) is 9.37 Å². The summed E-state index contributed by atoms with van der Waals surface area (Å²) in [4.78, 5) is 16.8. The van der Waals surface area contributed by atoms with Crippen molar-refractivity contribution in [1.29, 1.82) is 0 Å². The first kappa shape index (κ1) is 20.3. The topological polar surface area (TPSA) is 68.0 Å². The zero-order valence-corrected chi connectivity index (χ0v) is 17.2. The van der Waals surface area contributed by atoms with E-state index in [1.54, 1.807) is 12.1 Å². The second-order valence-electron chi connectivity index (χ2n) is 8.26. The molecule has 0 unspecified atom stereocenters. The summed E-state index contributed by atoms with van der Waals surface area (Å²) in [5.74, 6) is 0.912. The molecule has 4 nitrogen and oxygen atoms in total. The Kier molecular flexibility index (Phi) is 6.26. The van der Waals surface area contributed by atoms with Crippen molar-refractivity contribution >= 4 is 22.6 Å². The summed E-state index contributed by atoms with van der Waals surface area (Å²) in [7, 11) is 0. The summed E-state index contributed by atoms with van der Waals surface area (Å²) in [5, 5.41) is 4.05. The van der Waals surface area contributed by atoms with E-state index in [9.17, 15) is 9.18 Å². The lowest BCUT2D eigenvalue weighted by Crippen LogP contribution is -2.30. The summed E-state index contributed by atoms with van der Waals surface area (Å²) in [6.45, 7) is 0.783. The maximum Gasteiger partial charge on any atom is 0.220 e. The van der Waals surface area contributed by atoms with Crippen LogP contribution in [0.15, 0.2) is 48.5 Å². The van der Waals surface area contributed by atoms with E-state index in [0.717, 1.165) is 34.1 Å². The average molecular weight is 406 g/mol. The lowest BCUT2D eigenvalue weighted by Gasteiger charge is -2.21. The molecule has 30 heavy (non-hydrogen) atoms. The molecule has 1 aliphatic carbocycles. The molecule has 1 amide bonds. The van der Waals surface area contributed by atoms with Gasteiger partial charge in [-0.15, -0.1) is 0 Å². The van der Waals surface area contributed by atoms with Crippen LogP contribution in [0.1, 0.15) is 44.1 Å². The quantitative estimate of drug-likeness (QED) is 0.588. The van der Waals surface area contributed by atoms with Crippen LogP contribution in [0, 0.1) is 11.7 Å². The number of nitrogen functional groups attached to an aromatic ring is 1. The van der Waals surface area contributed by atoms with E-state index >= 15 is 0 Å². The molecular weight excluding hydrogens is 377 g/mol. The van der Waals surface area contributed by atoms with Crippen LogP contribution in [-0.4, -0.2) is 17.4 Å². The van der Waals surface area contributed by atoms with Crippen LogP contribution in [0.3, 0.4) is 0 Å². The standard InChI is InChI=1S/C25H28FN3O/c26-22-10-6-18(7-11-22)19-8-12-23-21(14-19)15-20(25(27)29-23)9-13-24(30)28-16-17-4-2-1-3-5-17/h6-8,10-12,14-15,17H,1-5,9,13,16H2,(H2,27,29)(H,28,30). The van der Waals surface area contributed by atoms with Gasteiger partial charge in [0.1, 0.15) is 11.6 Å². The molecule has 0 atom stereocenters. The van der Waals surface area contributed by atoms with E-state index in [1.807, 2.05) is 24.3 Å². The maximum atomic E-state index is 13.2. The van der Waals surface area contributed by atoms with E-state index in [2.05, 4.69) is 10.3 Å². The number of fused-ring (bicyclic) bond motifs is 1. The van der Waals surface area contributed by atoms with Crippen LogP contribution in [0.2, 0.25) is 0 Å². The molecule has 0 aliphatic heterocycles. The highest BCUT2D eigenvalue weighted by molar-refractivity contribution is 5.86. The second-order valence-corrected chi connectivity index (χ2v) is 8.26. The first-order chi connectivity index (χ1) is 14.6. The van der Waals surface area contributed by atoms with E-state index in [1.165, 1.54) is 44.2 Å². The SMILES string of the molecule is Nc1nc2ccc(-c3ccc(F)cc3)cc2cc1CCC(=O)NCC1CCCCC1. The Morgan fingerprint density at radius 1 is 1.03 bits per heavy atom. The average Bonchev–Trinajstić information content (AvgIpc) is 2.77. The Hall–Kier alpha value is -2.95. The monoisotopic (exact) mass is 405 g/mol. The molecule has 1 saturated carbocycles. The number of aryl methyl sites for hydroxylation is 1. The van der Waals surface area contributed by atoms with Crippen molar-refractivity contribution in [2.24, 2.45) is 5.92 Å². The largest absolute Gasteiger partial charge is 0.383 e. The molecule has 156 valence electrons. The lowest BCUT2D eigenvalue weighted by atomic mass is 9.89. The fourth-order valence-corrected chi connectivity index (χ4v) is 4.24. The van der Waals surface area contributed by atoms with Crippen molar-refractivity contribution in [1.82, 2.24) is 10.3 Å². The molecule has 3 N–H and O–H groups in total. The number of rotatable bonds is 6. The van der Waals surface area contributed by atoms with Gasteiger partial charge in [-0.2, -0.15) is 0 Å². The minimum absolute atomic E-state index is 0.0696. The number of amides is 1. The van der Waals surface area contributed by atoms with Crippen LogP contribution in [0.25, 0.3) is 22.0 Å². The molecule has 0 spiro atoms. The summed E-state index contributed by atoms with van der Waals surface area (Å²) >= 11 is 0. The highest BCUT2D eigenvalue weighted by atomic mass is 19.1. The third kappa shape index (κ3) is 4.96. The predicted molar refractivity (Wildman–Crippen MR) is 119 cm³/mol. The molecule has 1 heterocycles. The van der Waals surface area contributed by atoms with E-state index in [4.69, 9.17) is 5.73 Å². The molecule has 0 bridgehead atoms. The molecule has 1 fully saturated rings. The smallest absolute Gasteiger partial charge is 0.220 e. The summed E-state index contributed by atoms with van der Waals surface area (Å²) < 4.78 is 13.2. The van der Waals surface area contributed by atoms with Gasteiger partial charge in [0.2, 0.25) is 5.91 Å². The van der Waals surface area contributed by atoms with Crippen LogP contribution in [-0.2, 0) is 11.2 Å². The highest BCUT2D eigenvalue weighted by Crippen LogP contribution is 2.27. The lowest BCUT2D eigenvalue weighted by molar-refractivity contribution is -0.121. The van der Waals surface area contributed by atoms with Gasteiger partial charge in [-0.05, 0) is 72.2 Å². The third-order valence-corrected chi connectivity index (χ3v) is 6.04. The van der Waals surface area contributed by atoms with Crippen LogP contribution in [0.4, 0.5) is 10.2 Å². The van der Waals surface area contributed by atoms with Crippen molar-refractivity contribution in [2.45, 2.75) is 44.9 Å². The highest BCUT2D eigenvalue weighted by Gasteiger charge is 2.14. The fourth-order valence-electron chi connectivity index (χ4n) is 4.24. The Balaban J connectivity index is 1.43. The van der Waals surface area contributed by atoms with Gasteiger partial charge in [0, 0.05) is 18.4 Å². The normalized spacial score (nSPS) is 14.7. The first-order valence-electron chi connectivity index (χ1n) is 10.8. The molecule has 1 aliphatic rings. The van der Waals surface area contributed by atoms with E-state index in [-0.39, 0.29) is 11.7 Å². The van der Waals surface area contributed by atoms with Gasteiger partial charge >= 0.3 is 0 Å². The fraction of sp³-hybridized carbons (Fsp3) is 0.360. The van der Waals surface area contributed by atoms with Gasteiger partial charge in [0.15, 0.2) is 0 Å². The van der Waals surface area contributed by atoms with Gasteiger partial charge in [-0.3, -0.25) is 4.79 Å². The predicted octanol–water partition coefficient (Wildman–Crippen LogP) is 5.25. The van der Waals surface area contributed by atoms with Crippen molar-refractivity contribution < 1.29 is 9.18 Å². The zero-order valence-electron chi connectivity index (χ0n) is 17.2. The third-order valence-electron chi connectivity index (χ3n) is 6.04. The number of carbonyl (C=O) groups is 1. The van der Waals surface area contributed by atoms with Crippen molar-refractivity contribution in [3.63, 3.8) is 0 Å². The van der Waals surface area contributed by atoms with Crippen molar-refractivity contribution in [3.05, 3.63) is 59.9 Å². The molecule has 0 saturated heterocycles. The summed E-state index contributed by atoms with van der Waals surface area (Å²) in [5.41, 5.74) is 9.77. The first-order valence-corrected chi connectivity index (χ1v) is 10.8. The number of pyridine rings is 1. The number of carbonyl (C=O) groups excluding carboxylic acids is 1. The van der Waals surface area contributed by atoms with E-state index < -0.39 is 0 Å². The molecule has 0 radical (unpaired) electrons. The number of nitrogens with one attached hydrogen (secondary N) is 1. The Morgan fingerprint density at radius 3 is 2.53 bits per heavy atom. The molecule has 3 aromatic rings. The van der Waals surface area contributed by atoms with Crippen LogP contribution >= 0.6 is 0 Å². The van der Waals surface area contributed by atoms with Gasteiger partial charge in [-0.1, -0.05) is 37.5 Å². The molecule has 2 aromatic carbocycles. The number of aromatic nitrogens is 1. The number of halogens is 1. The van der Waals surface area contributed by atoms with Crippen LogP contribution < -0.4 is 11.1 Å². The molecule has 1 aromatic heterocycles. The second kappa shape index (κ2) is 9.24. The number of nitrogens with zero attached hydrogens (tertiary/aromatic N) is 1. The van der Waals surface area contributed by atoms with Gasteiger partial charge in [0.05, 0.1) is 5.52 Å². The van der Waals surface area contributed by atoms with Crippen molar-refractivity contribution in [3.8, 4) is 11.1 Å². The number of hydrogen-bond acceptors (Lipinski definition) is 3. The van der Waals surface area contributed by atoms with E-state index in [0.29, 0.717) is 24.6 Å². The minimum atomic E-state index is -0.252. The minimum Gasteiger partial charge on any atom is -0.383 e. The zero-order chi connectivity index (χ0) is 20.9. The summed E-state index contributed by atoms with van der Waals surface area (Å²) in [6, 6.07) is 14.4. The number of benzene rings is 2. The number of hydrogen-bond donors (Lipinski definition) is 2.